The van der Waals surface area contributed by atoms with E-state index in [0.717, 1.165) is 39.2 Å². The Morgan fingerprint density at radius 2 is 1.63 bits per heavy atom. The van der Waals surface area contributed by atoms with E-state index in [4.69, 9.17) is 9.47 Å². The van der Waals surface area contributed by atoms with E-state index < -0.39 is 0 Å². The number of pyridine rings is 1. The summed E-state index contributed by atoms with van der Waals surface area (Å²) in [7, 11) is 3.22. The lowest BCUT2D eigenvalue weighted by Gasteiger charge is -2.07. The fourth-order valence-corrected chi connectivity index (χ4v) is 3.24. The number of methoxy groups -OCH3 is 2. The molecule has 134 valence electrons. The van der Waals surface area contributed by atoms with Crippen LogP contribution in [-0.2, 0) is 0 Å². The molecule has 0 bridgehead atoms. The summed E-state index contributed by atoms with van der Waals surface area (Å²) >= 11 is 0. The molecule has 1 heterocycles. The Bertz CT molecular complexity index is 1070. The molecule has 0 amide bonds. The van der Waals surface area contributed by atoms with E-state index in [-0.39, 0.29) is 0 Å². The van der Waals surface area contributed by atoms with Crippen molar-refractivity contribution in [2.24, 2.45) is 10.2 Å². The number of benzene rings is 2. The fraction of sp³-hybridized carbons (Fsp3) is 0.136. The van der Waals surface area contributed by atoms with Crippen LogP contribution in [0.4, 0.5) is 0 Å². The first-order valence-corrected chi connectivity index (χ1v) is 8.61. The number of hydrogen-bond donors (Lipinski definition) is 0. The van der Waals surface area contributed by atoms with E-state index in [2.05, 4.69) is 33.4 Å². The molecule has 3 aromatic rings. The fourth-order valence-electron chi connectivity index (χ4n) is 3.24. The Hall–Kier alpha value is -3.47. The zero-order valence-corrected chi connectivity index (χ0v) is 15.4. The molecule has 0 fully saturated rings. The van der Waals surface area contributed by atoms with Gasteiger partial charge in [0.1, 0.15) is 5.71 Å². The highest BCUT2D eigenvalue weighted by atomic mass is 16.5. The third-order valence-corrected chi connectivity index (χ3v) is 4.54. The van der Waals surface area contributed by atoms with Gasteiger partial charge in [0.2, 0.25) is 0 Å². The van der Waals surface area contributed by atoms with Crippen molar-refractivity contribution >= 4 is 11.9 Å². The first kappa shape index (κ1) is 17.0. The number of rotatable bonds is 4. The first-order chi connectivity index (χ1) is 13.2. The molecular weight excluding hydrogens is 338 g/mol. The zero-order valence-electron chi connectivity index (χ0n) is 15.4. The topological polar surface area (TPSA) is 56.1 Å². The van der Waals surface area contributed by atoms with Gasteiger partial charge in [-0.3, -0.25) is 4.98 Å². The van der Waals surface area contributed by atoms with Gasteiger partial charge in [-0.1, -0.05) is 24.3 Å². The van der Waals surface area contributed by atoms with Crippen LogP contribution >= 0.6 is 0 Å². The second-order valence-electron chi connectivity index (χ2n) is 6.22. The quantitative estimate of drug-likeness (QED) is 0.405. The van der Waals surface area contributed by atoms with Crippen LogP contribution in [0.15, 0.2) is 64.9 Å². The molecule has 1 aromatic heterocycles. The molecule has 2 aromatic carbocycles. The summed E-state index contributed by atoms with van der Waals surface area (Å²) in [4.78, 5) is 4.43. The molecule has 0 radical (unpaired) electrons. The van der Waals surface area contributed by atoms with E-state index in [0.29, 0.717) is 11.5 Å². The summed E-state index contributed by atoms with van der Waals surface area (Å²) in [5.41, 5.74) is 7.10. The Morgan fingerprint density at radius 3 is 2.41 bits per heavy atom. The maximum atomic E-state index is 5.33. The van der Waals surface area contributed by atoms with Gasteiger partial charge < -0.3 is 9.47 Å². The number of ether oxygens (including phenoxy) is 2. The number of aryl methyl sites for hydroxylation is 1. The van der Waals surface area contributed by atoms with Gasteiger partial charge in [0.15, 0.2) is 11.5 Å². The Morgan fingerprint density at radius 1 is 0.852 bits per heavy atom. The van der Waals surface area contributed by atoms with Gasteiger partial charge in [-0.2, -0.15) is 5.10 Å². The average Bonchev–Trinajstić information content (AvgIpc) is 3.01. The lowest BCUT2D eigenvalue weighted by Crippen LogP contribution is -1.98. The first-order valence-electron chi connectivity index (χ1n) is 8.61. The Kier molecular flexibility index (Phi) is 4.42. The highest BCUT2D eigenvalue weighted by Crippen LogP contribution is 2.36. The van der Waals surface area contributed by atoms with E-state index in [1.54, 1.807) is 20.4 Å². The van der Waals surface area contributed by atoms with Crippen LogP contribution < -0.4 is 9.47 Å². The third-order valence-electron chi connectivity index (χ3n) is 4.54. The standard InChI is InChI=1S/C22H19N3O2/c1-14-10-18-16-6-4-5-7-17(16)22(19(18)13-23-14)25-24-12-15-8-9-20(26-2)21(11-15)27-3/h4-13H,1-3H3/b24-12+,25-22-. The molecule has 0 saturated heterocycles. The van der Waals surface area contributed by atoms with Crippen LogP contribution in [0.3, 0.4) is 0 Å². The maximum absolute atomic E-state index is 5.33. The summed E-state index contributed by atoms with van der Waals surface area (Å²) in [5, 5.41) is 8.82. The van der Waals surface area contributed by atoms with Crippen molar-refractivity contribution in [3.8, 4) is 22.6 Å². The van der Waals surface area contributed by atoms with E-state index in [1.807, 2.05) is 43.5 Å². The second-order valence-corrected chi connectivity index (χ2v) is 6.22. The van der Waals surface area contributed by atoms with Gasteiger partial charge in [-0.25, -0.2) is 0 Å². The van der Waals surface area contributed by atoms with Crippen LogP contribution in [0.1, 0.15) is 22.4 Å². The van der Waals surface area contributed by atoms with Crippen LogP contribution in [0, 0.1) is 6.92 Å². The molecule has 1 aliphatic rings. The molecular formula is C22H19N3O2. The lowest BCUT2D eigenvalue weighted by molar-refractivity contribution is 0.355. The number of nitrogens with zero attached hydrogens (tertiary/aromatic N) is 3. The average molecular weight is 357 g/mol. The monoisotopic (exact) mass is 357 g/mol. The minimum Gasteiger partial charge on any atom is -0.493 e. The largest absolute Gasteiger partial charge is 0.493 e. The van der Waals surface area contributed by atoms with Crippen molar-refractivity contribution in [1.82, 2.24) is 4.98 Å². The zero-order chi connectivity index (χ0) is 18.8. The molecule has 5 heteroatoms. The molecule has 5 nitrogen and oxygen atoms in total. The van der Waals surface area contributed by atoms with Gasteiger partial charge in [0, 0.05) is 23.0 Å². The van der Waals surface area contributed by atoms with Crippen molar-refractivity contribution in [3.63, 3.8) is 0 Å². The molecule has 4 rings (SSSR count). The van der Waals surface area contributed by atoms with Gasteiger partial charge in [0.25, 0.3) is 0 Å². The van der Waals surface area contributed by atoms with E-state index in [9.17, 15) is 0 Å². The minimum absolute atomic E-state index is 0.658. The van der Waals surface area contributed by atoms with Crippen LogP contribution in [-0.4, -0.2) is 31.1 Å². The number of fused-ring (bicyclic) bond motifs is 3. The van der Waals surface area contributed by atoms with Crippen molar-refractivity contribution < 1.29 is 9.47 Å². The summed E-state index contributed by atoms with van der Waals surface area (Å²) in [5.74, 6) is 1.34. The Balaban J connectivity index is 1.72. The van der Waals surface area contributed by atoms with Crippen molar-refractivity contribution in [1.29, 1.82) is 0 Å². The minimum atomic E-state index is 0.658. The predicted octanol–water partition coefficient (Wildman–Crippen LogP) is 4.26. The molecule has 0 aliphatic heterocycles. The summed E-state index contributed by atoms with van der Waals surface area (Å²) in [6, 6.07) is 15.9. The summed E-state index contributed by atoms with van der Waals surface area (Å²) in [6.45, 7) is 1.99. The molecule has 27 heavy (non-hydrogen) atoms. The second kappa shape index (κ2) is 7.03. The van der Waals surface area contributed by atoms with Crippen molar-refractivity contribution in [3.05, 3.63) is 77.1 Å². The van der Waals surface area contributed by atoms with Crippen molar-refractivity contribution in [2.45, 2.75) is 6.92 Å². The smallest absolute Gasteiger partial charge is 0.161 e. The van der Waals surface area contributed by atoms with Crippen LogP contribution in [0.5, 0.6) is 11.5 Å². The van der Waals surface area contributed by atoms with Gasteiger partial charge >= 0.3 is 0 Å². The number of aromatic nitrogens is 1. The highest BCUT2D eigenvalue weighted by molar-refractivity contribution is 6.24. The highest BCUT2D eigenvalue weighted by Gasteiger charge is 2.25. The number of hydrogen-bond acceptors (Lipinski definition) is 5. The van der Waals surface area contributed by atoms with Crippen LogP contribution in [0.2, 0.25) is 0 Å². The normalized spacial score (nSPS) is 13.7. The molecule has 0 unspecified atom stereocenters. The summed E-state index contributed by atoms with van der Waals surface area (Å²) < 4.78 is 10.6. The molecule has 0 spiro atoms. The van der Waals surface area contributed by atoms with Gasteiger partial charge in [0.05, 0.1) is 20.4 Å². The lowest BCUT2D eigenvalue weighted by atomic mass is 10.1. The van der Waals surface area contributed by atoms with Gasteiger partial charge in [-0.05, 0) is 47.9 Å². The maximum Gasteiger partial charge on any atom is 0.161 e. The molecule has 1 aliphatic carbocycles. The molecule has 0 N–H and O–H groups in total. The summed E-state index contributed by atoms with van der Waals surface area (Å²) in [6.07, 6.45) is 3.58. The molecule has 0 saturated carbocycles. The van der Waals surface area contributed by atoms with Crippen LogP contribution in [0.25, 0.3) is 11.1 Å². The van der Waals surface area contributed by atoms with Gasteiger partial charge in [-0.15, -0.1) is 5.10 Å². The SMILES string of the molecule is COc1ccc(/C=N/N=C2/c3ccccc3-c3cc(C)ncc32)cc1OC. The van der Waals surface area contributed by atoms with Crippen molar-refractivity contribution in [2.75, 3.05) is 14.2 Å². The molecule has 0 atom stereocenters. The third kappa shape index (κ3) is 3.08. The predicted molar refractivity (Wildman–Crippen MR) is 107 cm³/mol. The van der Waals surface area contributed by atoms with E-state index in [1.165, 1.54) is 0 Å². The van der Waals surface area contributed by atoms with E-state index >= 15 is 0 Å². The Labute approximate surface area is 158 Å².